The van der Waals surface area contributed by atoms with Crippen LogP contribution in [0.15, 0.2) is 377 Å². The van der Waals surface area contributed by atoms with Gasteiger partial charge >= 0.3 is 6.18 Å². The van der Waals surface area contributed by atoms with Gasteiger partial charge in [0.15, 0.2) is 0 Å². The molecule has 0 N–H and O–H groups in total. The van der Waals surface area contributed by atoms with Crippen molar-refractivity contribution < 1.29 is 22.6 Å². The van der Waals surface area contributed by atoms with Gasteiger partial charge in [-0.1, -0.05) is 377 Å². The smallest absolute Gasteiger partial charge is 0.376 e. The van der Waals surface area contributed by atoms with Crippen LogP contribution in [0.4, 0.5) is 13.2 Å². The standard InChI is InChI=1S/C30H29N.C26H29N.C24H29NO2.C23H20F3N/c1-24-13-17-28(18-14-24)30(29-19-15-25(2)16-20-29)23-31(21-26-9-5-3-6-10-26)22-27-11-7-4-8-12-27;1-22(2)18-26(25-16-10-5-11-17-25)21-27(19-23-12-6-3-7-13-23)20-24-14-8-4-9-15-24;1-3-9-20(10-4-1)24(21-11-5-2-6-12-21)19-25(17-22-13-7-15-26-22)18-23-14-8-16-27-23;24-23(25,26)22(21-14-8-3-9-15-21)18-27(16-19-10-4-1-5-11-19)17-20-12-6-2-7-13-20/h3-20,23H,21-22H2,1-2H3;3-17,21-22H,18-20H2,1-2H3;1-6,9-12,19,22-23H,7-8,13-18H2;1-15,18H,16-17H2/b;26-21+;;22-18-. The number of hydrogen-bond acceptors (Lipinski definition) is 6. The summed E-state index contributed by atoms with van der Waals surface area (Å²) in [6.45, 7) is 16.8. The molecule has 12 aromatic rings. The Hall–Kier alpha value is -11.5. The monoisotopic (exact) mass is 1490 g/mol. The Kier molecular flexibility index (Phi) is 31.9. The summed E-state index contributed by atoms with van der Waals surface area (Å²) in [5.41, 5.74) is 19.4. The molecule has 2 fully saturated rings. The number of aryl methyl sites for hydroxylation is 2. The lowest BCUT2D eigenvalue weighted by molar-refractivity contribution is -0.0697. The predicted octanol–water partition coefficient (Wildman–Crippen LogP) is 25.2. The van der Waals surface area contributed by atoms with Crippen LogP contribution in [0.2, 0.25) is 0 Å². The van der Waals surface area contributed by atoms with Crippen molar-refractivity contribution in [3.8, 4) is 0 Å². The van der Waals surface area contributed by atoms with Crippen molar-refractivity contribution in [3.63, 3.8) is 0 Å². The highest BCUT2D eigenvalue weighted by atomic mass is 19.4. The van der Waals surface area contributed by atoms with E-state index in [1.54, 1.807) is 23.1 Å². The summed E-state index contributed by atoms with van der Waals surface area (Å²) in [6.07, 6.45) is 10.2. The number of benzene rings is 12. The van der Waals surface area contributed by atoms with Gasteiger partial charge in [-0.05, 0) is 124 Å². The zero-order valence-corrected chi connectivity index (χ0v) is 65.4. The minimum absolute atomic E-state index is 0.163. The zero-order chi connectivity index (χ0) is 77.8. The second-order valence-electron chi connectivity index (χ2n) is 29.4. The van der Waals surface area contributed by atoms with E-state index in [0.29, 0.717) is 31.2 Å². The SMILES string of the molecule is C(=C(c1ccccc1)c1ccccc1)N(CC1CCCO1)CC1CCCO1.CC(C)C/C(=C\N(Cc1ccccc1)Cc1ccccc1)c1ccccc1.Cc1ccc(C(=CN(Cc2ccccc2)Cc2ccccc2)c2ccc(C)cc2)cc1.FC(F)(F)/C(=C\N(Cc1ccccc1)Cc1ccccc1)c1ccccc1. The third-order valence-electron chi connectivity index (χ3n) is 19.6. The van der Waals surface area contributed by atoms with E-state index in [2.05, 4.69) is 322 Å². The van der Waals surface area contributed by atoms with Crippen molar-refractivity contribution in [3.05, 3.63) is 455 Å². The van der Waals surface area contributed by atoms with Gasteiger partial charge in [0.1, 0.15) is 0 Å². The average Bonchev–Trinajstić information content (AvgIpc) is 0.920. The molecule has 6 nitrogen and oxygen atoms in total. The van der Waals surface area contributed by atoms with Crippen LogP contribution in [0.5, 0.6) is 0 Å². The molecule has 0 radical (unpaired) electrons. The molecule has 572 valence electrons. The Labute approximate surface area is 664 Å². The van der Waals surface area contributed by atoms with Gasteiger partial charge in [0.25, 0.3) is 0 Å². The van der Waals surface area contributed by atoms with E-state index in [9.17, 15) is 13.2 Å². The number of rotatable bonds is 28. The van der Waals surface area contributed by atoms with Crippen LogP contribution in [0.25, 0.3) is 22.3 Å². The number of hydrogen-bond donors (Lipinski definition) is 0. The Balaban J connectivity index is 0.000000148. The van der Waals surface area contributed by atoms with Gasteiger partial charge in [-0.3, -0.25) is 0 Å². The predicted molar refractivity (Wildman–Crippen MR) is 460 cm³/mol. The lowest BCUT2D eigenvalue weighted by Crippen LogP contribution is -2.34. The molecule has 0 saturated carbocycles. The topological polar surface area (TPSA) is 31.4 Å². The second kappa shape index (κ2) is 43.8. The van der Waals surface area contributed by atoms with Crippen LogP contribution in [-0.4, -0.2) is 64.3 Å². The summed E-state index contributed by atoms with van der Waals surface area (Å²) < 4.78 is 53.1. The second-order valence-corrected chi connectivity index (χ2v) is 29.4. The molecule has 2 aliphatic heterocycles. The first kappa shape index (κ1) is 81.5. The molecule has 2 saturated heterocycles. The summed E-state index contributed by atoms with van der Waals surface area (Å²) in [6, 6.07) is 120. The fourth-order valence-electron chi connectivity index (χ4n) is 14.0. The van der Waals surface area contributed by atoms with E-state index in [-0.39, 0.29) is 5.56 Å². The molecule has 0 aliphatic carbocycles. The fraction of sp³-hybridized carbons (Fsp3) is 0.223. The van der Waals surface area contributed by atoms with Gasteiger partial charge in [0.2, 0.25) is 0 Å². The molecule has 0 spiro atoms. The van der Waals surface area contributed by atoms with Gasteiger partial charge in [0.05, 0.1) is 17.8 Å². The maximum absolute atomic E-state index is 13.7. The molecule has 2 unspecified atom stereocenters. The highest BCUT2D eigenvalue weighted by Gasteiger charge is 2.35. The molecule has 0 amide bonds. The summed E-state index contributed by atoms with van der Waals surface area (Å²) in [5.74, 6) is 0.617. The lowest BCUT2D eigenvalue weighted by Gasteiger charge is -2.28. The first-order valence-electron chi connectivity index (χ1n) is 39.5. The Morgan fingerprint density at radius 1 is 0.321 bits per heavy atom. The lowest BCUT2D eigenvalue weighted by atomic mass is 9.97. The highest BCUT2D eigenvalue weighted by molar-refractivity contribution is 5.81. The molecule has 2 aliphatic rings. The minimum atomic E-state index is -4.44. The molecule has 14 rings (SSSR count). The van der Waals surface area contributed by atoms with Crippen molar-refractivity contribution >= 4 is 22.3 Å². The first-order chi connectivity index (χ1) is 54.8. The normalized spacial score (nSPS) is 13.9. The minimum Gasteiger partial charge on any atom is -0.376 e. The Morgan fingerprint density at radius 2 is 0.580 bits per heavy atom. The van der Waals surface area contributed by atoms with Gasteiger partial charge in [-0.25, -0.2) is 0 Å². The number of nitrogens with zero attached hydrogens (tertiary/aromatic N) is 4. The number of allylic oxidation sites excluding steroid dienone is 2. The van der Waals surface area contributed by atoms with E-state index in [1.807, 2.05) is 60.7 Å². The van der Waals surface area contributed by atoms with Crippen molar-refractivity contribution in [1.29, 1.82) is 0 Å². The van der Waals surface area contributed by atoms with Crippen LogP contribution in [-0.2, 0) is 48.7 Å². The number of halogens is 3. The molecule has 112 heavy (non-hydrogen) atoms. The van der Waals surface area contributed by atoms with Crippen molar-refractivity contribution in [2.75, 3.05) is 26.3 Å². The molecule has 12 aromatic carbocycles. The third kappa shape index (κ3) is 27.5. The third-order valence-corrected chi connectivity index (χ3v) is 19.6. The van der Waals surface area contributed by atoms with E-state index in [1.165, 1.54) is 109 Å². The van der Waals surface area contributed by atoms with Crippen molar-refractivity contribution in [2.24, 2.45) is 5.92 Å². The van der Waals surface area contributed by atoms with E-state index >= 15 is 0 Å². The molecular weight excluding hydrogens is 1380 g/mol. The van der Waals surface area contributed by atoms with Crippen LogP contribution in [0.3, 0.4) is 0 Å². The molecule has 0 bridgehead atoms. The molecule has 2 atom stereocenters. The Morgan fingerprint density at radius 3 is 0.866 bits per heavy atom. The molecule has 9 heteroatoms. The fourth-order valence-corrected chi connectivity index (χ4v) is 14.0. The zero-order valence-electron chi connectivity index (χ0n) is 65.4. The number of ether oxygens (including phenoxy) is 2. The number of alkyl halides is 3. The quantitative estimate of drug-likeness (QED) is 0.0486. The van der Waals surface area contributed by atoms with E-state index < -0.39 is 11.7 Å². The van der Waals surface area contributed by atoms with Gasteiger partial charge in [0, 0.05) is 102 Å². The van der Waals surface area contributed by atoms with Crippen LogP contribution < -0.4 is 0 Å². The summed E-state index contributed by atoms with van der Waals surface area (Å²) in [5, 5.41) is 0. The molecular formula is C103H107F3N4O2. The summed E-state index contributed by atoms with van der Waals surface area (Å²) in [4.78, 5) is 9.00. The van der Waals surface area contributed by atoms with Crippen LogP contribution in [0, 0.1) is 19.8 Å². The maximum Gasteiger partial charge on any atom is 0.418 e. The molecule has 0 aromatic heterocycles. The van der Waals surface area contributed by atoms with Crippen LogP contribution >= 0.6 is 0 Å². The average molecular weight is 1490 g/mol. The summed E-state index contributed by atoms with van der Waals surface area (Å²) in [7, 11) is 0. The van der Waals surface area contributed by atoms with Gasteiger partial charge in [-0.2, -0.15) is 13.2 Å². The van der Waals surface area contributed by atoms with E-state index in [4.69, 9.17) is 9.47 Å². The van der Waals surface area contributed by atoms with Gasteiger partial charge in [-0.15, -0.1) is 0 Å². The summed E-state index contributed by atoms with van der Waals surface area (Å²) >= 11 is 0. The maximum atomic E-state index is 13.7. The van der Waals surface area contributed by atoms with E-state index in [0.717, 1.165) is 82.9 Å². The van der Waals surface area contributed by atoms with Gasteiger partial charge < -0.3 is 29.1 Å². The first-order valence-corrected chi connectivity index (χ1v) is 39.5. The largest absolute Gasteiger partial charge is 0.418 e. The molecule has 2 heterocycles. The highest BCUT2D eigenvalue weighted by Crippen LogP contribution is 2.36. The Bertz CT molecular complexity index is 4500. The van der Waals surface area contributed by atoms with Crippen LogP contribution in [0.1, 0.15) is 124 Å². The van der Waals surface area contributed by atoms with Crippen molar-refractivity contribution in [2.45, 2.75) is 117 Å². The van der Waals surface area contributed by atoms with Crippen molar-refractivity contribution in [1.82, 2.24) is 19.6 Å².